The number of carbonyl (C=O) groups excluding carboxylic acids is 3. The first-order valence-electron chi connectivity index (χ1n) is 10.2. The van der Waals surface area contributed by atoms with Crippen molar-refractivity contribution in [2.75, 3.05) is 6.61 Å². The van der Waals surface area contributed by atoms with Crippen LogP contribution in [0.3, 0.4) is 0 Å². The van der Waals surface area contributed by atoms with Crippen LogP contribution in [0.25, 0.3) is 6.08 Å². The van der Waals surface area contributed by atoms with E-state index in [-0.39, 0.29) is 22.6 Å². The molecule has 0 atom stereocenters. The molecule has 1 aliphatic heterocycles. The van der Waals surface area contributed by atoms with Gasteiger partial charge in [0, 0.05) is 6.07 Å². The highest BCUT2D eigenvalue weighted by atomic mass is 16.6. The lowest BCUT2D eigenvalue weighted by atomic mass is 9.87. The number of urea groups is 1. The number of nitrogens with zero attached hydrogens (tertiary/aromatic N) is 1. The summed E-state index contributed by atoms with van der Waals surface area (Å²) in [7, 11) is 0. The van der Waals surface area contributed by atoms with Crippen LogP contribution in [0.2, 0.25) is 0 Å². The van der Waals surface area contributed by atoms with Crippen LogP contribution in [0.4, 0.5) is 10.5 Å². The van der Waals surface area contributed by atoms with Gasteiger partial charge < -0.3 is 4.74 Å². The topological polar surface area (TPSA) is 128 Å². The van der Waals surface area contributed by atoms with Crippen molar-refractivity contribution < 1.29 is 24.0 Å². The molecule has 1 aromatic rings. The minimum absolute atomic E-state index is 0.149. The van der Waals surface area contributed by atoms with Crippen LogP contribution in [-0.4, -0.2) is 29.4 Å². The van der Waals surface area contributed by atoms with Crippen molar-refractivity contribution >= 4 is 29.6 Å². The number of hydrogen-bond acceptors (Lipinski definition) is 6. The van der Waals surface area contributed by atoms with E-state index >= 15 is 0 Å². The lowest BCUT2D eigenvalue weighted by Crippen LogP contribution is -2.51. The number of amides is 4. The second-order valence-electron chi connectivity index (χ2n) is 6.92. The number of hydrogen-bond donors (Lipinski definition) is 2. The molecule has 0 unspecified atom stereocenters. The van der Waals surface area contributed by atoms with Gasteiger partial charge in [0.2, 0.25) is 0 Å². The Balaban J connectivity index is 0.00000155. The molecule has 9 nitrogen and oxygen atoms in total. The summed E-state index contributed by atoms with van der Waals surface area (Å²) in [5.41, 5.74) is -0.272. The molecule has 2 fully saturated rings. The number of nitrogens with one attached hydrogen (secondary N) is 2. The quantitative estimate of drug-likeness (QED) is 0.314. The van der Waals surface area contributed by atoms with E-state index in [1.807, 2.05) is 24.5 Å². The van der Waals surface area contributed by atoms with Crippen LogP contribution in [0.5, 0.6) is 5.75 Å². The largest absolute Gasteiger partial charge is 0.487 e. The predicted molar refractivity (Wildman–Crippen MR) is 111 cm³/mol. The third-order valence-corrected chi connectivity index (χ3v) is 4.94. The molecule has 4 amide bonds. The Hall–Kier alpha value is -3.23. The number of nitro benzene ring substituents is 1. The van der Waals surface area contributed by atoms with E-state index < -0.39 is 22.8 Å². The first-order chi connectivity index (χ1) is 14.4. The zero-order valence-electron chi connectivity index (χ0n) is 17.2. The van der Waals surface area contributed by atoms with E-state index in [1.54, 1.807) is 0 Å². The number of carbonyl (C=O) groups is 3. The average molecular weight is 417 g/mol. The van der Waals surface area contributed by atoms with E-state index in [1.165, 1.54) is 56.4 Å². The maximum atomic E-state index is 11.8. The van der Waals surface area contributed by atoms with Crippen LogP contribution in [-0.2, 0) is 9.59 Å². The van der Waals surface area contributed by atoms with Crippen LogP contribution in [0.15, 0.2) is 23.8 Å². The Kier molecular flexibility index (Phi) is 8.52. The van der Waals surface area contributed by atoms with Crippen molar-refractivity contribution in [3.05, 3.63) is 39.4 Å². The molecule has 162 valence electrons. The van der Waals surface area contributed by atoms with Crippen molar-refractivity contribution in [3.8, 4) is 5.75 Å². The summed E-state index contributed by atoms with van der Waals surface area (Å²) in [4.78, 5) is 45.5. The fraction of sp³-hybridized carbons (Fsp3) is 0.476. The summed E-state index contributed by atoms with van der Waals surface area (Å²) in [6.07, 6.45) is 8.11. The maximum Gasteiger partial charge on any atom is 0.328 e. The lowest BCUT2D eigenvalue weighted by molar-refractivity contribution is -0.385. The van der Waals surface area contributed by atoms with Gasteiger partial charge in [0.05, 0.1) is 11.5 Å². The zero-order valence-corrected chi connectivity index (χ0v) is 17.2. The monoisotopic (exact) mass is 417 g/mol. The SMILES string of the molecule is CC.O=C1NC(=O)C(=Cc2ccc(OCCC3CCCCC3)c([N+](=O)[O-])c2)C(=O)N1. The number of ether oxygens (including phenoxy) is 1. The van der Waals surface area contributed by atoms with E-state index in [2.05, 4.69) is 0 Å². The summed E-state index contributed by atoms with van der Waals surface area (Å²) >= 11 is 0. The van der Waals surface area contributed by atoms with E-state index in [4.69, 9.17) is 4.74 Å². The Morgan fingerprint density at radius 2 is 1.73 bits per heavy atom. The van der Waals surface area contributed by atoms with Crippen LogP contribution in [0, 0.1) is 16.0 Å². The Labute approximate surface area is 175 Å². The fourth-order valence-electron chi connectivity index (χ4n) is 3.47. The van der Waals surface area contributed by atoms with Gasteiger partial charge in [-0.15, -0.1) is 0 Å². The predicted octanol–water partition coefficient (Wildman–Crippen LogP) is 3.72. The minimum Gasteiger partial charge on any atom is -0.487 e. The van der Waals surface area contributed by atoms with Gasteiger partial charge >= 0.3 is 11.7 Å². The van der Waals surface area contributed by atoms with E-state index in [0.29, 0.717) is 12.5 Å². The highest BCUT2D eigenvalue weighted by Crippen LogP contribution is 2.31. The highest BCUT2D eigenvalue weighted by molar-refractivity contribution is 6.31. The van der Waals surface area contributed by atoms with E-state index in [0.717, 1.165) is 6.42 Å². The third kappa shape index (κ3) is 6.13. The maximum absolute atomic E-state index is 11.8. The van der Waals surface area contributed by atoms with Crippen LogP contribution < -0.4 is 15.4 Å². The Bertz CT molecular complexity index is 821. The lowest BCUT2D eigenvalue weighted by Gasteiger charge is -2.21. The van der Waals surface area contributed by atoms with E-state index in [9.17, 15) is 24.5 Å². The standard InChI is InChI=1S/C19H21N3O6.C2H6/c23-17-14(18(24)21-19(25)20-17)10-13-6-7-16(15(11-13)22(26)27)28-9-8-12-4-2-1-3-5-12;1-2/h6-7,10-12H,1-5,8-9H2,(H2,20,21,23,24,25);1-2H3. The van der Waals surface area contributed by atoms with Crippen molar-refractivity contribution in [3.63, 3.8) is 0 Å². The van der Waals surface area contributed by atoms with Crippen molar-refractivity contribution in [1.82, 2.24) is 10.6 Å². The third-order valence-electron chi connectivity index (χ3n) is 4.94. The van der Waals surface area contributed by atoms with Gasteiger partial charge in [-0.25, -0.2) is 4.79 Å². The molecule has 9 heteroatoms. The minimum atomic E-state index is -0.903. The smallest absolute Gasteiger partial charge is 0.328 e. The number of imide groups is 2. The summed E-state index contributed by atoms with van der Waals surface area (Å²) in [6, 6.07) is 3.31. The van der Waals surface area contributed by atoms with Crippen molar-refractivity contribution in [1.29, 1.82) is 0 Å². The van der Waals surface area contributed by atoms with Gasteiger partial charge in [-0.3, -0.25) is 30.3 Å². The molecule has 1 aliphatic carbocycles. The van der Waals surface area contributed by atoms with Gasteiger partial charge in [-0.05, 0) is 30.0 Å². The molecule has 0 bridgehead atoms. The zero-order chi connectivity index (χ0) is 22.1. The summed E-state index contributed by atoms with van der Waals surface area (Å²) in [6.45, 7) is 4.40. The van der Waals surface area contributed by atoms with Crippen LogP contribution in [0.1, 0.15) is 57.9 Å². The second-order valence-corrected chi connectivity index (χ2v) is 6.92. The molecular weight excluding hydrogens is 390 g/mol. The summed E-state index contributed by atoms with van der Waals surface area (Å²) < 4.78 is 5.64. The average Bonchev–Trinajstić information content (AvgIpc) is 2.73. The molecular formula is C21H27N3O6. The number of benzene rings is 1. The van der Waals surface area contributed by atoms with Crippen LogP contribution >= 0.6 is 0 Å². The first kappa shape index (κ1) is 23.1. The van der Waals surface area contributed by atoms with Gasteiger partial charge in [0.25, 0.3) is 11.8 Å². The second kappa shape index (κ2) is 11.1. The molecule has 1 aromatic carbocycles. The molecule has 2 aliphatic rings. The van der Waals surface area contributed by atoms with Crippen molar-refractivity contribution in [2.45, 2.75) is 52.4 Å². The molecule has 0 aromatic heterocycles. The molecule has 30 heavy (non-hydrogen) atoms. The molecule has 1 saturated heterocycles. The summed E-state index contributed by atoms with van der Waals surface area (Å²) in [5.74, 6) is -0.966. The van der Waals surface area contributed by atoms with Crippen molar-refractivity contribution in [2.24, 2.45) is 5.92 Å². The van der Waals surface area contributed by atoms with Gasteiger partial charge in [0.1, 0.15) is 5.57 Å². The Morgan fingerprint density at radius 3 is 2.33 bits per heavy atom. The van der Waals surface area contributed by atoms with Gasteiger partial charge in [0.15, 0.2) is 5.75 Å². The van der Waals surface area contributed by atoms with Gasteiger partial charge in [-0.2, -0.15) is 0 Å². The molecule has 2 N–H and O–H groups in total. The first-order valence-corrected chi connectivity index (χ1v) is 10.2. The Morgan fingerprint density at radius 1 is 1.10 bits per heavy atom. The number of barbiturate groups is 1. The number of nitro groups is 1. The molecule has 0 spiro atoms. The number of rotatable bonds is 6. The fourth-order valence-corrected chi connectivity index (χ4v) is 3.47. The highest BCUT2D eigenvalue weighted by Gasteiger charge is 2.28. The van der Waals surface area contributed by atoms with Gasteiger partial charge in [-0.1, -0.05) is 52.0 Å². The molecule has 1 heterocycles. The molecule has 3 rings (SSSR count). The molecule has 1 saturated carbocycles. The normalized spacial score (nSPS) is 16.7. The summed E-state index contributed by atoms with van der Waals surface area (Å²) in [5, 5.41) is 15.3. The molecule has 0 radical (unpaired) electrons.